The Hall–Kier alpha value is -3.80. The molecule has 3 aromatic carbocycles. The molecule has 0 heterocycles. The number of carbonyl (C=O) groups is 1. The summed E-state index contributed by atoms with van der Waals surface area (Å²) in [5.41, 5.74) is 1.64. The number of unbranched alkanes of at least 4 members (excludes halogenated alkanes) is 2. The topological polar surface area (TPSA) is 77.4 Å². The summed E-state index contributed by atoms with van der Waals surface area (Å²) in [5.74, 6) is 1.19. The van der Waals surface area contributed by atoms with Gasteiger partial charge in [0.05, 0.1) is 24.5 Å². The zero-order valence-electron chi connectivity index (χ0n) is 19.0. The smallest absolute Gasteiger partial charge is 0.343 e. The Morgan fingerprint density at radius 3 is 2.21 bits per heavy atom. The SMILES string of the molecule is CCCCCOc1ccc(C(=O)Oc2ccc(C=Nc3ccc(OCC)cc3)c(O)c2)cc1. The number of phenols is 1. The molecule has 0 unspecified atom stereocenters. The van der Waals surface area contributed by atoms with Crippen molar-refractivity contribution >= 4 is 17.9 Å². The van der Waals surface area contributed by atoms with Crippen LogP contribution in [0.4, 0.5) is 5.69 Å². The molecule has 6 nitrogen and oxygen atoms in total. The zero-order chi connectivity index (χ0) is 23.5. The number of esters is 1. The van der Waals surface area contributed by atoms with E-state index in [1.807, 2.05) is 31.2 Å². The Labute approximate surface area is 194 Å². The summed E-state index contributed by atoms with van der Waals surface area (Å²) in [4.78, 5) is 16.8. The average molecular weight is 448 g/mol. The Kier molecular flexibility index (Phi) is 8.88. The molecule has 0 radical (unpaired) electrons. The third-order valence-electron chi connectivity index (χ3n) is 4.82. The van der Waals surface area contributed by atoms with Gasteiger partial charge in [0, 0.05) is 17.8 Å². The van der Waals surface area contributed by atoms with Crippen molar-refractivity contribution in [3.05, 3.63) is 77.9 Å². The molecule has 0 aliphatic carbocycles. The highest BCUT2D eigenvalue weighted by atomic mass is 16.5. The van der Waals surface area contributed by atoms with E-state index in [1.54, 1.807) is 42.6 Å². The second kappa shape index (κ2) is 12.3. The second-order valence-corrected chi connectivity index (χ2v) is 7.38. The van der Waals surface area contributed by atoms with E-state index < -0.39 is 5.97 Å². The van der Waals surface area contributed by atoms with Gasteiger partial charge in [-0.3, -0.25) is 4.99 Å². The van der Waals surface area contributed by atoms with Crippen molar-refractivity contribution in [3.63, 3.8) is 0 Å². The fourth-order valence-electron chi connectivity index (χ4n) is 3.03. The number of nitrogens with zero attached hydrogens (tertiary/aromatic N) is 1. The van der Waals surface area contributed by atoms with Crippen LogP contribution in [-0.4, -0.2) is 30.5 Å². The molecule has 0 spiro atoms. The molecule has 0 aliphatic rings. The van der Waals surface area contributed by atoms with Gasteiger partial charge in [-0.2, -0.15) is 0 Å². The molecular formula is C27H29NO5. The predicted molar refractivity (Wildman–Crippen MR) is 129 cm³/mol. The molecule has 0 atom stereocenters. The summed E-state index contributed by atoms with van der Waals surface area (Å²) in [7, 11) is 0. The molecule has 0 saturated carbocycles. The highest BCUT2D eigenvalue weighted by molar-refractivity contribution is 5.91. The monoisotopic (exact) mass is 447 g/mol. The first-order valence-electron chi connectivity index (χ1n) is 11.1. The lowest BCUT2D eigenvalue weighted by Crippen LogP contribution is -2.08. The van der Waals surface area contributed by atoms with Crippen LogP contribution in [0, 0.1) is 0 Å². The van der Waals surface area contributed by atoms with Crippen molar-refractivity contribution in [2.24, 2.45) is 4.99 Å². The summed E-state index contributed by atoms with van der Waals surface area (Å²) in [5, 5.41) is 10.3. The fraction of sp³-hybridized carbons (Fsp3) is 0.259. The first kappa shape index (κ1) is 23.9. The first-order valence-corrected chi connectivity index (χ1v) is 11.1. The van der Waals surface area contributed by atoms with Crippen LogP contribution < -0.4 is 14.2 Å². The molecule has 3 rings (SSSR count). The highest BCUT2D eigenvalue weighted by Crippen LogP contribution is 2.25. The molecule has 0 saturated heterocycles. The second-order valence-electron chi connectivity index (χ2n) is 7.38. The molecule has 33 heavy (non-hydrogen) atoms. The third kappa shape index (κ3) is 7.38. The maximum Gasteiger partial charge on any atom is 0.343 e. The quantitative estimate of drug-likeness (QED) is 0.161. The molecule has 3 aromatic rings. The molecule has 0 amide bonds. The summed E-state index contributed by atoms with van der Waals surface area (Å²) in [6.07, 6.45) is 4.82. The number of ether oxygens (including phenoxy) is 3. The van der Waals surface area contributed by atoms with Crippen molar-refractivity contribution in [1.82, 2.24) is 0 Å². The van der Waals surface area contributed by atoms with E-state index in [2.05, 4.69) is 11.9 Å². The van der Waals surface area contributed by atoms with Gasteiger partial charge in [-0.05, 0) is 74.0 Å². The largest absolute Gasteiger partial charge is 0.507 e. The number of hydrogen-bond donors (Lipinski definition) is 1. The van der Waals surface area contributed by atoms with Crippen LogP contribution in [0.1, 0.15) is 49.0 Å². The van der Waals surface area contributed by atoms with Crippen molar-refractivity contribution in [2.75, 3.05) is 13.2 Å². The van der Waals surface area contributed by atoms with Crippen molar-refractivity contribution < 1.29 is 24.1 Å². The lowest BCUT2D eigenvalue weighted by atomic mass is 10.2. The number of aliphatic imine (C=N–C) groups is 1. The Morgan fingerprint density at radius 1 is 0.879 bits per heavy atom. The summed E-state index contributed by atoms with van der Waals surface area (Å²) in [6.45, 7) is 5.33. The van der Waals surface area contributed by atoms with Crippen molar-refractivity contribution in [1.29, 1.82) is 0 Å². The van der Waals surface area contributed by atoms with Gasteiger partial charge in [-0.15, -0.1) is 0 Å². The Balaban J connectivity index is 1.57. The van der Waals surface area contributed by atoms with Crippen molar-refractivity contribution in [3.8, 4) is 23.0 Å². The molecular weight excluding hydrogens is 418 g/mol. The number of hydrogen-bond acceptors (Lipinski definition) is 6. The normalized spacial score (nSPS) is 10.8. The summed E-state index contributed by atoms with van der Waals surface area (Å²) < 4.78 is 16.5. The zero-order valence-corrected chi connectivity index (χ0v) is 19.0. The van der Waals surface area contributed by atoms with E-state index >= 15 is 0 Å². The van der Waals surface area contributed by atoms with Crippen LogP contribution in [0.2, 0.25) is 0 Å². The summed E-state index contributed by atoms with van der Waals surface area (Å²) in [6, 6.07) is 18.8. The van der Waals surface area contributed by atoms with Gasteiger partial charge in [0.15, 0.2) is 0 Å². The maximum atomic E-state index is 12.4. The Morgan fingerprint density at radius 2 is 1.55 bits per heavy atom. The van der Waals surface area contributed by atoms with E-state index in [9.17, 15) is 9.90 Å². The molecule has 0 fully saturated rings. The minimum absolute atomic E-state index is 0.0363. The first-order chi connectivity index (χ1) is 16.1. The maximum absolute atomic E-state index is 12.4. The van der Waals surface area contributed by atoms with E-state index in [0.29, 0.717) is 24.3 Å². The van der Waals surface area contributed by atoms with Crippen LogP contribution in [-0.2, 0) is 0 Å². The molecule has 1 N–H and O–H groups in total. The number of benzene rings is 3. The van der Waals surface area contributed by atoms with Gasteiger partial charge in [-0.25, -0.2) is 4.79 Å². The van der Waals surface area contributed by atoms with E-state index in [0.717, 1.165) is 36.4 Å². The van der Waals surface area contributed by atoms with Gasteiger partial charge in [0.1, 0.15) is 23.0 Å². The minimum Gasteiger partial charge on any atom is -0.507 e. The van der Waals surface area contributed by atoms with Crippen LogP contribution in [0.15, 0.2) is 71.7 Å². The standard InChI is InChI=1S/C27H29NO5/c1-3-5-6-17-32-24-12-7-20(8-13-24)27(30)33-25-14-9-21(26(29)18-25)19-28-22-10-15-23(16-11-22)31-4-2/h7-16,18-19,29H,3-6,17H2,1-2H3. The fourth-order valence-corrected chi connectivity index (χ4v) is 3.03. The number of aromatic hydroxyl groups is 1. The van der Waals surface area contributed by atoms with Gasteiger partial charge in [-0.1, -0.05) is 19.8 Å². The van der Waals surface area contributed by atoms with E-state index in [-0.39, 0.29) is 11.5 Å². The van der Waals surface area contributed by atoms with Crippen LogP contribution in [0.3, 0.4) is 0 Å². The third-order valence-corrected chi connectivity index (χ3v) is 4.82. The predicted octanol–water partition coefficient (Wildman–Crippen LogP) is 6.33. The highest BCUT2D eigenvalue weighted by Gasteiger charge is 2.10. The lowest BCUT2D eigenvalue weighted by Gasteiger charge is -2.08. The molecule has 0 aromatic heterocycles. The molecule has 0 bridgehead atoms. The van der Waals surface area contributed by atoms with Crippen molar-refractivity contribution in [2.45, 2.75) is 33.1 Å². The minimum atomic E-state index is -0.511. The molecule has 6 heteroatoms. The lowest BCUT2D eigenvalue weighted by molar-refractivity contribution is 0.0734. The number of carbonyl (C=O) groups excluding carboxylic acids is 1. The number of phenolic OH excluding ortho intramolecular Hbond substituents is 1. The Bertz CT molecular complexity index is 1060. The molecule has 172 valence electrons. The van der Waals surface area contributed by atoms with Gasteiger partial charge in [0.25, 0.3) is 0 Å². The van der Waals surface area contributed by atoms with Gasteiger partial charge < -0.3 is 19.3 Å². The average Bonchev–Trinajstić information content (AvgIpc) is 2.83. The number of rotatable bonds is 11. The van der Waals surface area contributed by atoms with Gasteiger partial charge >= 0.3 is 5.97 Å². The van der Waals surface area contributed by atoms with E-state index in [1.165, 1.54) is 6.07 Å². The summed E-state index contributed by atoms with van der Waals surface area (Å²) >= 11 is 0. The van der Waals surface area contributed by atoms with Crippen LogP contribution >= 0.6 is 0 Å². The van der Waals surface area contributed by atoms with Crippen LogP contribution in [0.25, 0.3) is 0 Å². The van der Waals surface area contributed by atoms with Crippen LogP contribution in [0.5, 0.6) is 23.0 Å². The molecule has 0 aliphatic heterocycles. The van der Waals surface area contributed by atoms with Gasteiger partial charge in [0.2, 0.25) is 0 Å². The van der Waals surface area contributed by atoms with E-state index in [4.69, 9.17) is 14.2 Å².